The molecule has 1 aliphatic heterocycles. The maximum atomic E-state index is 11.3. The van der Waals surface area contributed by atoms with E-state index in [0.29, 0.717) is 30.1 Å². The summed E-state index contributed by atoms with van der Waals surface area (Å²) in [7, 11) is 3.22. The van der Waals surface area contributed by atoms with Crippen molar-refractivity contribution in [2.75, 3.05) is 32.2 Å². The predicted molar refractivity (Wildman–Crippen MR) is 117 cm³/mol. The number of hydrogen-bond donors (Lipinski definition) is 2. The maximum absolute atomic E-state index is 11.3. The minimum absolute atomic E-state index is 0.207. The number of ether oxygens (including phenoxy) is 2. The van der Waals surface area contributed by atoms with Crippen molar-refractivity contribution in [1.82, 2.24) is 9.97 Å². The number of rotatable bonds is 7. The smallest absolute Gasteiger partial charge is 0.328 e. The molecule has 0 saturated heterocycles. The van der Waals surface area contributed by atoms with Crippen LogP contribution in [0, 0.1) is 0 Å². The molecule has 2 N–H and O–H groups in total. The Bertz CT molecular complexity index is 1050. The van der Waals surface area contributed by atoms with E-state index in [9.17, 15) is 14.4 Å². The highest BCUT2D eigenvalue weighted by Crippen LogP contribution is 2.35. The Kier molecular flexibility index (Phi) is 8.70. The van der Waals surface area contributed by atoms with E-state index in [1.54, 1.807) is 27.5 Å². The number of ketones is 1. The first-order valence-electron chi connectivity index (χ1n) is 9.68. The van der Waals surface area contributed by atoms with E-state index in [-0.39, 0.29) is 5.78 Å². The quantitative estimate of drug-likeness (QED) is 0.484. The average molecular weight is 443 g/mol. The number of nitrogens with zero attached hydrogens (tertiary/aromatic N) is 3. The Morgan fingerprint density at radius 2 is 1.69 bits per heavy atom. The van der Waals surface area contributed by atoms with Crippen LogP contribution in [0.25, 0.3) is 10.9 Å². The molecule has 1 aliphatic rings. The third-order valence-corrected chi connectivity index (χ3v) is 4.57. The highest BCUT2D eigenvalue weighted by Gasteiger charge is 2.18. The number of anilines is 1. The molecule has 0 bridgehead atoms. The van der Waals surface area contributed by atoms with Crippen molar-refractivity contribution in [3.8, 4) is 11.5 Å². The Balaban J connectivity index is 0.000000390. The largest absolute Gasteiger partial charge is 0.493 e. The number of hydrogen-bond acceptors (Lipinski definition) is 8. The number of Topliss-reactive ketones (excluding diaryl/α,β-unsaturated/α-hetero) is 1. The number of methoxy groups -OCH3 is 2. The van der Waals surface area contributed by atoms with Crippen LogP contribution in [0.5, 0.6) is 11.5 Å². The van der Waals surface area contributed by atoms with E-state index in [1.165, 1.54) is 5.57 Å². The molecule has 0 amide bonds. The molecule has 3 rings (SSSR count). The lowest BCUT2D eigenvalue weighted by molar-refractivity contribution is -0.134. The van der Waals surface area contributed by atoms with Crippen molar-refractivity contribution in [3.63, 3.8) is 0 Å². The van der Waals surface area contributed by atoms with Gasteiger partial charge < -0.3 is 24.6 Å². The molecule has 0 saturated carbocycles. The van der Waals surface area contributed by atoms with Gasteiger partial charge >= 0.3 is 11.9 Å². The fourth-order valence-corrected chi connectivity index (χ4v) is 3.15. The van der Waals surface area contributed by atoms with E-state index in [1.807, 2.05) is 12.1 Å². The fraction of sp³-hybridized carbons (Fsp3) is 0.318. The van der Waals surface area contributed by atoms with Crippen LogP contribution in [0.15, 0.2) is 42.3 Å². The summed E-state index contributed by atoms with van der Waals surface area (Å²) < 4.78 is 10.7. The van der Waals surface area contributed by atoms with Gasteiger partial charge in [0.1, 0.15) is 17.9 Å². The van der Waals surface area contributed by atoms with Gasteiger partial charge in [0.25, 0.3) is 0 Å². The molecular formula is C22H25N3O7. The molecule has 0 atom stereocenters. The van der Waals surface area contributed by atoms with Crippen LogP contribution in [0.3, 0.4) is 0 Å². The van der Waals surface area contributed by atoms with Crippen LogP contribution in [-0.4, -0.2) is 65.2 Å². The molecule has 1 aromatic carbocycles. The summed E-state index contributed by atoms with van der Waals surface area (Å²) in [6.45, 7) is 3.20. The lowest BCUT2D eigenvalue weighted by atomic mass is 10.0. The summed E-state index contributed by atoms with van der Waals surface area (Å²) in [5.41, 5.74) is 2.02. The van der Waals surface area contributed by atoms with E-state index < -0.39 is 11.9 Å². The zero-order valence-corrected chi connectivity index (χ0v) is 18.1. The Hall–Kier alpha value is -3.95. The van der Waals surface area contributed by atoms with Crippen LogP contribution >= 0.6 is 0 Å². The van der Waals surface area contributed by atoms with Crippen LogP contribution in [0.1, 0.15) is 19.8 Å². The van der Waals surface area contributed by atoms with Gasteiger partial charge in [-0.15, -0.1) is 0 Å². The summed E-state index contributed by atoms with van der Waals surface area (Å²) in [4.78, 5) is 41.4. The monoisotopic (exact) mass is 443 g/mol. The highest BCUT2D eigenvalue weighted by molar-refractivity contribution is 5.92. The van der Waals surface area contributed by atoms with Crippen molar-refractivity contribution in [2.24, 2.45) is 0 Å². The second-order valence-electron chi connectivity index (χ2n) is 6.87. The molecule has 0 unspecified atom stereocenters. The zero-order valence-electron chi connectivity index (χ0n) is 18.1. The van der Waals surface area contributed by atoms with Crippen molar-refractivity contribution in [3.05, 3.63) is 42.3 Å². The number of fused-ring (bicyclic) bond motifs is 1. The van der Waals surface area contributed by atoms with Gasteiger partial charge in [-0.1, -0.05) is 11.6 Å². The number of carbonyl (C=O) groups excluding carboxylic acids is 1. The maximum Gasteiger partial charge on any atom is 0.328 e. The van der Waals surface area contributed by atoms with Gasteiger partial charge in [0, 0.05) is 43.1 Å². The summed E-state index contributed by atoms with van der Waals surface area (Å²) in [6, 6.07) is 3.78. The van der Waals surface area contributed by atoms with Crippen molar-refractivity contribution >= 4 is 34.4 Å². The average Bonchev–Trinajstić information content (AvgIpc) is 2.77. The van der Waals surface area contributed by atoms with E-state index in [0.717, 1.165) is 36.2 Å². The van der Waals surface area contributed by atoms with E-state index in [2.05, 4.69) is 20.9 Å². The minimum atomic E-state index is -1.26. The fourth-order valence-electron chi connectivity index (χ4n) is 3.15. The van der Waals surface area contributed by atoms with Gasteiger partial charge in [-0.05, 0) is 19.4 Å². The summed E-state index contributed by atoms with van der Waals surface area (Å²) in [5.74, 6) is -0.124. The zero-order chi connectivity index (χ0) is 23.7. The van der Waals surface area contributed by atoms with Gasteiger partial charge in [-0.25, -0.2) is 19.6 Å². The third kappa shape index (κ3) is 6.79. The van der Waals surface area contributed by atoms with Gasteiger partial charge in [0.2, 0.25) is 0 Å². The standard InChI is InChI=1S/C18H21N3O3.C4H4O4/c1-12(22)8-13-4-6-21(7-5-13)18-14-9-16(23-2)17(24-3)10-15(14)19-11-20-18;5-3(6)1-2-4(7)8/h4,9-11H,5-8H2,1-3H3;1-2H,(H,5,6)(H,7,8)/b;2-1-. The lowest BCUT2D eigenvalue weighted by Gasteiger charge is -2.28. The number of carboxylic acid groups (broad SMARTS) is 2. The van der Waals surface area contributed by atoms with Gasteiger partial charge in [0.15, 0.2) is 11.5 Å². The minimum Gasteiger partial charge on any atom is -0.493 e. The molecule has 170 valence electrons. The Morgan fingerprint density at radius 3 is 2.19 bits per heavy atom. The summed E-state index contributed by atoms with van der Waals surface area (Å²) >= 11 is 0. The van der Waals surface area contributed by atoms with Crippen LogP contribution in [-0.2, 0) is 14.4 Å². The predicted octanol–water partition coefficient (Wildman–Crippen LogP) is 2.47. The molecule has 10 heteroatoms. The second kappa shape index (κ2) is 11.4. The van der Waals surface area contributed by atoms with Crippen LogP contribution in [0.2, 0.25) is 0 Å². The number of aliphatic carboxylic acids is 2. The molecule has 2 heterocycles. The first-order chi connectivity index (χ1) is 15.2. The van der Waals surface area contributed by atoms with Crippen molar-refractivity contribution in [1.29, 1.82) is 0 Å². The second-order valence-corrected chi connectivity index (χ2v) is 6.87. The first kappa shape index (κ1) is 24.3. The number of aromatic nitrogens is 2. The topological polar surface area (TPSA) is 139 Å². The molecule has 0 fully saturated rings. The molecule has 0 aliphatic carbocycles. The summed E-state index contributed by atoms with van der Waals surface area (Å²) in [5, 5.41) is 16.6. The highest BCUT2D eigenvalue weighted by atomic mass is 16.5. The Labute approximate surface area is 184 Å². The Morgan fingerprint density at radius 1 is 1.06 bits per heavy atom. The molecule has 0 spiro atoms. The molecule has 32 heavy (non-hydrogen) atoms. The van der Waals surface area contributed by atoms with Crippen LogP contribution < -0.4 is 14.4 Å². The molecule has 0 radical (unpaired) electrons. The molecule has 10 nitrogen and oxygen atoms in total. The van der Waals surface area contributed by atoms with Crippen LogP contribution in [0.4, 0.5) is 5.82 Å². The van der Waals surface area contributed by atoms with Gasteiger partial charge in [-0.2, -0.15) is 0 Å². The number of carboxylic acids is 2. The van der Waals surface area contributed by atoms with Crippen molar-refractivity contribution in [2.45, 2.75) is 19.8 Å². The number of benzene rings is 1. The molecular weight excluding hydrogens is 418 g/mol. The van der Waals surface area contributed by atoms with Crippen molar-refractivity contribution < 1.29 is 34.1 Å². The third-order valence-electron chi connectivity index (χ3n) is 4.57. The number of carbonyl (C=O) groups is 3. The molecule has 1 aromatic heterocycles. The van der Waals surface area contributed by atoms with E-state index in [4.69, 9.17) is 19.7 Å². The normalized spacial score (nSPS) is 13.2. The SMILES string of the molecule is COc1cc2ncnc(N3CC=C(CC(C)=O)CC3)c2cc1OC.O=C(O)/C=C\C(=O)O. The molecule has 2 aromatic rings. The van der Waals surface area contributed by atoms with Gasteiger partial charge in [0.05, 0.1) is 19.7 Å². The summed E-state index contributed by atoms with van der Waals surface area (Å²) in [6.07, 6.45) is 6.23. The van der Waals surface area contributed by atoms with E-state index >= 15 is 0 Å². The lowest BCUT2D eigenvalue weighted by Crippen LogP contribution is -2.29. The van der Waals surface area contributed by atoms with Gasteiger partial charge in [-0.3, -0.25) is 4.79 Å². The first-order valence-corrected chi connectivity index (χ1v) is 9.68.